The summed E-state index contributed by atoms with van der Waals surface area (Å²) in [7, 11) is 1.45. The predicted molar refractivity (Wildman–Crippen MR) is 163 cm³/mol. The molecule has 218 valence electrons. The van der Waals surface area contributed by atoms with Gasteiger partial charge in [-0.1, -0.05) is 12.1 Å². The van der Waals surface area contributed by atoms with Crippen LogP contribution in [0.2, 0.25) is 0 Å². The van der Waals surface area contributed by atoms with E-state index in [4.69, 9.17) is 9.40 Å². The Morgan fingerprint density at radius 2 is 1.88 bits per heavy atom. The zero-order valence-electron chi connectivity index (χ0n) is 23.9. The Labute approximate surface area is 243 Å². The fourth-order valence-corrected chi connectivity index (χ4v) is 6.43. The predicted octanol–water partition coefficient (Wildman–Crippen LogP) is 5.27. The average Bonchev–Trinajstić information content (AvgIpc) is 3.53. The van der Waals surface area contributed by atoms with Crippen molar-refractivity contribution in [1.82, 2.24) is 14.9 Å². The smallest absolute Gasteiger partial charge is 0.255 e. The molecule has 1 fully saturated rings. The number of hydrogen-bond acceptors (Lipinski definition) is 6. The number of benzene rings is 3. The number of amides is 1. The molecule has 9 nitrogen and oxygen atoms in total. The topological polar surface area (TPSA) is 101 Å². The van der Waals surface area contributed by atoms with Crippen LogP contribution in [0, 0.1) is 5.82 Å². The van der Waals surface area contributed by atoms with Crippen molar-refractivity contribution in [1.29, 1.82) is 0 Å². The van der Waals surface area contributed by atoms with Gasteiger partial charge in [0.25, 0.3) is 5.91 Å². The minimum absolute atomic E-state index is 0.0520. The maximum Gasteiger partial charge on any atom is 0.255 e. The van der Waals surface area contributed by atoms with Gasteiger partial charge in [0.1, 0.15) is 17.2 Å². The first-order chi connectivity index (χ1) is 20.1. The van der Waals surface area contributed by atoms with E-state index in [0.29, 0.717) is 40.1 Å². The van der Waals surface area contributed by atoms with Crippen molar-refractivity contribution in [2.45, 2.75) is 18.8 Å². The molecule has 1 N–H and O–H groups in total. The first-order valence-electron chi connectivity index (χ1n) is 13.8. The number of nitrogens with zero attached hydrogens (tertiary/aromatic N) is 4. The van der Waals surface area contributed by atoms with Crippen LogP contribution in [0.1, 0.15) is 34.7 Å². The fourth-order valence-electron chi connectivity index (χ4n) is 5.91. The van der Waals surface area contributed by atoms with Gasteiger partial charge in [0.05, 0.1) is 28.5 Å². The number of halogens is 1. The number of carbonyl (C=O) groups excluding carboxylic acids is 1. The van der Waals surface area contributed by atoms with Crippen LogP contribution in [-0.4, -0.2) is 57.3 Å². The van der Waals surface area contributed by atoms with Crippen LogP contribution in [0.15, 0.2) is 65.1 Å². The number of rotatable bonds is 6. The molecule has 6 rings (SSSR count). The van der Waals surface area contributed by atoms with E-state index in [1.165, 1.54) is 30.5 Å². The molecule has 11 heteroatoms. The average molecular weight is 590 g/mol. The van der Waals surface area contributed by atoms with Crippen molar-refractivity contribution >= 4 is 49.6 Å². The first kappa shape index (κ1) is 27.8. The maximum atomic E-state index is 13.7. The third kappa shape index (κ3) is 4.77. The minimum atomic E-state index is -3.62. The summed E-state index contributed by atoms with van der Waals surface area (Å²) >= 11 is 0. The van der Waals surface area contributed by atoms with Gasteiger partial charge in [0.15, 0.2) is 0 Å². The number of aryl methyl sites for hydroxylation is 1. The van der Waals surface area contributed by atoms with Crippen molar-refractivity contribution in [2.24, 2.45) is 7.05 Å². The van der Waals surface area contributed by atoms with Gasteiger partial charge in [0, 0.05) is 57.2 Å². The van der Waals surface area contributed by atoms with Crippen LogP contribution in [0.3, 0.4) is 0 Å². The van der Waals surface area contributed by atoms with Crippen molar-refractivity contribution in [2.75, 3.05) is 42.6 Å². The number of para-hydroxylation sites is 2. The Kier molecular flexibility index (Phi) is 6.92. The van der Waals surface area contributed by atoms with Crippen LogP contribution in [0.5, 0.6) is 0 Å². The summed E-state index contributed by atoms with van der Waals surface area (Å²) in [6, 6.07) is 17.3. The third-order valence-electron chi connectivity index (χ3n) is 8.14. The Bertz CT molecular complexity index is 1930. The lowest BCUT2D eigenvalue weighted by molar-refractivity contribution is 0.0964. The van der Waals surface area contributed by atoms with Gasteiger partial charge < -0.3 is 19.2 Å². The molecule has 5 aromatic rings. The van der Waals surface area contributed by atoms with E-state index >= 15 is 0 Å². The first-order valence-corrected chi connectivity index (χ1v) is 15.6. The summed E-state index contributed by atoms with van der Waals surface area (Å²) in [5.41, 5.74) is 4.47. The van der Waals surface area contributed by atoms with Crippen molar-refractivity contribution < 1.29 is 22.0 Å². The van der Waals surface area contributed by atoms with Gasteiger partial charge in [-0.3, -0.25) is 9.10 Å². The molecule has 0 unspecified atom stereocenters. The van der Waals surface area contributed by atoms with Crippen molar-refractivity contribution in [3.63, 3.8) is 0 Å². The highest BCUT2D eigenvalue weighted by Crippen LogP contribution is 2.42. The molecule has 3 heterocycles. The number of imidazole rings is 1. The van der Waals surface area contributed by atoms with E-state index in [2.05, 4.69) is 14.8 Å². The second-order valence-electron chi connectivity index (χ2n) is 10.8. The number of aromatic nitrogens is 2. The van der Waals surface area contributed by atoms with E-state index in [1.807, 2.05) is 37.4 Å². The molecule has 0 saturated carbocycles. The van der Waals surface area contributed by atoms with E-state index in [9.17, 15) is 17.6 Å². The summed E-state index contributed by atoms with van der Waals surface area (Å²) in [6.07, 6.45) is 2.87. The fraction of sp³-hybridized carbons (Fsp3) is 0.290. The molecule has 0 spiro atoms. The lowest BCUT2D eigenvalue weighted by Gasteiger charge is -2.35. The molecule has 1 aliphatic heterocycles. The molecule has 1 saturated heterocycles. The lowest BCUT2D eigenvalue weighted by atomic mass is 9.88. The van der Waals surface area contributed by atoms with Gasteiger partial charge in [-0.05, 0) is 60.9 Å². The number of sulfonamides is 1. The number of anilines is 2. The zero-order chi connectivity index (χ0) is 29.8. The normalized spacial score (nSPS) is 15.8. The number of fused-ring (bicyclic) bond motifs is 2. The monoisotopic (exact) mass is 589 g/mol. The Hall–Kier alpha value is -4.38. The summed E-state index contributed by atoms with van der Waals surface area (Å²) in [6.45, 7) is 1.43. The molecule has 1 aliphatic rings. The van der Waals surface area contributed by atoms with E-state index in [1.54, 1.807) is 18.2 Å². The highest BCUT2D eigenvalue weighted by Gasteiger charge is 2.31. The number of furan rings is 1. The van der Waals surface area contributed by atoms with Gasteiger partial charge >= 0.3 is 0 Å². The largest absolute Gasteiger partial charge is 0.455 e. The molecule has 0 bridgehead atoms. The molecular formula is C31H32FN5O4S. The van der Waals surface area contributed by atoms with Crippen molar-refractivity contribution in [3.8, 4) is 11.3 Å². The Balaban J connectivity index is 1.51. The van der Waals surface area contributed by atoms with Crippen molar-refractivity contribution in [3.05, 3.63) is 77.6 Å². The second kappa shape index (κ2) is 10.5. The Morgan fingerprint density at radius 3 is 2.57 bits per heavy atom. The number of hydrogen-bond donors (Lipinski definition) is 1. The molecule has 1 amide bonds. The van der Waals surface area contributed by atoms with Gasteiger partial charge in [-0.15, -0.1) is 0 Å². The van der Waals surface area contributed by atoms with Crippen LogP contribution in [0.4, 0.5) is 16.0 Å². The van der Waals surface area contributed by atoms with Crippen LogP contribution in [0.25, 0.3) is 33.3 Å². The molecule has 0 radical (unpaired) electrons. The summed E-state index contributed by atoms with van der Waals surface area (Å²) in [4.78, 5) is 20.3. The highest BCUT2D eigenvalue weighted by molar-refractivity contribution is 7.92. The number of carbonyl (C=O) groups is 1. The van der Waals surface area contributed by atoms with Crippen LogP contribution in [-0.2, 0) is 17.1 Å². The molecule has 2 aromatic heterocycles. The van der Waals surface area contributed by atoms with Gasteiger partial charge in [0.2, 0.25) is 16.0 Å². The third-order valence-corrected chi connectivity index (χ3v) is 9.33. The van der Waals surface area contributed by atoms with Gasteiger partial charge in [-0.25, -0.2) is 17.8 Å². The van der Waals surface area contributed by atoms with Crippen LogP contribution >= 0.6 is 0 Å². The van der Waals surface area contributed by atoms with E-state index in [-0.39, 0.29) is 11.8 Å². The molecule has 42 heavy (non-hydrogen) atoms. The number of piperidine rings is 1. The second-order valence-corrected chi connectivity index (χ2v) is 12.8. The van der Waals surface area contributed by atoms with Crippen LogP contribution < -0.4 is 14.5 Å². The molecular weight excluding hydrogens is 557 g/mol. The summed E-state index contributed by atoms with van der Waals surface area (Å²) in [5, 5.41) is 3.25. The SMILES string of the molecule is CNC(=O)c1c(-c2ccc(F)cc2)oc2cc(N(C)S(C)(=O)=O)c([C@H]3CCCN(c4nc5ccccc5n4C)C3)cc12. The number of nitrogens with one attached hydrogen (secondary N) is 1. The molecule has 0 aliphatic carbocycles. The maximum absolute atomic E-state index is 13.7. The molecule has 3 aromatic carbocycles. The van der Waals surface area contributed by atoms with E-state index in [0.717, 1.165) is 48.2 Å². The quantitative estimate of drug-likeness (QED) is 0.290. The molecule has 1 atom stereocenters. The van der Waals surface area contributed by atoms with E-state index < -0.39 is 15.8 Å². The lowest BCUT2D eigenvalue weighted by Crippen LogP contribution is -2.37. The Morgan fingerprint density at radius 1 is 1.14 bits per heavy atom. The summed E-state index contributed by atoms with van der Waals surface area (Å²) < 4.78 is 48.8. The zero-order valence-corrected chi connectivity index (χ0v) is 24.7. The minimum Gasteiger partial charge on any atom is -0.455 e. The highest BCUT2D eigenvalue weighted by atomic mass is 32.2. The standard InChI is InChI=1S/C31H32FN5O4S/c1-33-30(38)28-23-16-22(20-8-7-15-37(18-20)31-34-24-9-5-6-10-25(24)35(31)2)26(36(3)42(4,39)40)17-27(23)41-29(28)19-11-13-21(32)14-12-19/h5-6,9-14,16-17,20H,7-8,15,18H2,1-4H3,(H,33,38)/t20-/m0/s1. The van der Waals surface area contributed by atoms with Gasteiger partial charge in [-0.2, -0.15) is 0 Å². The summed E-state index contributed by atoms with van der Waals surface area (Å²) in [5.74, 6) is 0.336.